The maximum atomic E-state index is 12.2. The first-order valence-electron chi connectivity index (χ1n) is 7.19. The number of carbonyl (C=O) groups excluding carboxylic acids is 2. The van der Waals surface area contributed by atoms with Crippen molar-refractivity contribution in [2.75, 3.05) is 26.7 Å². The predicted octanol–water partition coefficient (Wildman–Crippen LogP) is -0.238. The fraction of sp³-hybridized carbons (Fsp3) is 0.643. The summed E-state index contributed by atoms with van der Waals surface area (Å²) in [5, 5.41) is 2.84. The van der Waals surface area contributed by atoms with E-state index in [9.17, 15) is 9.59 Å². The number of likely N-dealkylation sites (N-methyl/N-ethyl adjacent to an activating group) is 1. The molecule has 1 atom stereocenters. The van der Waals surface area contributed by atoms with Crippen molar-refractivity contribution in [3.05, 3.63) is 17.8 Å². The number of aryl methyl sites for hydroxylation is 1. The lowest BCUT2D eigenvalue weighted by Gasteiger charge is -2.42. The van der Waals surface area contributed by atoms with E-state index in [4.69, 9.17) is 4.42 Å². The number of carbonyl (C=O) groups is 2. The highest BCUT2D eigenvalue weighted by Gasteiger charge is 2.41. The summed E-state index contributed by atoms with van der Waals surface area (Å²) in [5.41, 5.74) is 0.727. The summed E-state index contributed by atoms with van der Waals surface area (Å²) < 4.78 is 5.09. The zero-order valence-electron chi connectivity index (χ0n) is 12.3. The summed E-state index contributed by atoms with van der Waals surface area (Å²) in [7, 11) is 2.03. The molecule has 0 radical (unpaired) electrons. The first-order chi connectivity index (χ1) is 10.0. The van der Waals surface area contributed by atoms with Crippen LogP contribution in [0.15, 0.2) is 10.8 Å². The van der Waals surface area contributed by atoms with Gasteiger partial charge in [-0.15, -0.1) is 0 Å². The van der Waals surface area contributed by atoms with E-state index in [2.05, 4.69) is 15.2 Å². The molecular formula is C14H20N4O3. The number of likely N-dealkylation sites (tertiary alicyclic amines) is 2. The molecule has 2 saturated heterocycles. The van der Waals surface area contributed by atoms with Gasteiger partial charge in [-0.1, -0.05) is 0 Å². The van der Waals surface area contributed by atoms with Crippen LogP contribution < -0.4 is 5.32 Å². The first kappa shape index (κ1) is 14.1. The maximum Gasteiger partial charge on any atom is 0.225 e. The Morgan fingerprint density at radius 1 is 1.48 bits per heavy atom. The predicted molar refractivity (Wildman–Crippen MR) is 74.2 cm³/mol. The standard InChI is InChI=1S/C14H20N4O3/c1-9-12(16-8-21-9)4-15-14(20)10-3-13(19)18(5-10)11-6-17(2)7-11/h8,10-11H,3-7H2,1-2H3,(H,15,20). The molecule has 21 heavy (non-hydrogen) atoms. The highest BCUT2D eigenvalue weighted by atomic mass is 16.3. The third-order valence-corrected chi connectivity index (χ3v) is 4.29. The summed E-state index contributed by atoms with van der Waals surface area (Å²) in [6, 6.07) is 0.276. The number of nitrogens with one attached hydrogen (secondary N) is 1. The third kappa shape index (κ3) is 2.78. The smallest absolute Gasteiger partial charge is 0.225 e. The molecule has 0 spiro atoms. The molecule has 3 rings (SSSR count). The van der Waals surface area contributed by atoms with Crippen LogP contribution in [0.4, 0.5) is 0 Å². The fourth-order valence-corrected chi connectivity index (χ4v) is 2.94. The highest BCUT2D eigenvalue weighted by molar-refractivity contribution is 5.89. The van der Waals surface area contributed by atoms with Gasteiger partial charge >= 0.3 is 0 Å². The molecule has 114 valence electrons. The van der Waals surface area contributed by atoms with E-state index in [1.54, 1.807) is 0 Å². The van der Waals surface area contributed by atoms with Crippen LogP contribution in [0, 0.1) is 12.8 Å². The van der Waals surface area contributed by atoms with Crippen molar-refractivity contribution >= 4 is 11.8 Å². The monoisotopic (exact) mass is 292 g/mol. The quantitative estimate of drug-likeness (QED) is 0.829. The molecule has 2 aliphatic rings. The first-order valence-corrected chi connectivity index (χ1v) is 7.19. The summed E-state index contributed by atoms with van der Waals surface area (Å²) in [6.07, 6.45) is 1.68. The average molecular weight is 292 g/mol. The molecule has 7 heteroatoms. The SMILES string of the molecule is Cc1ocnc1CNC(=O)C1CC(=O)N(C2CN(C)C2)C1. The summed E-state index contributed by atoms with van der Waals surface area (Å²) in [4.78, 5) is 32.3. The Bertz CT molecular complexity index is 550. The van der Waals surface area contributed by atoms with Crippen LogP contribution in [0.25, 0.3) is 0 Å². The molecule has 1 N–H and O–H groups in total. The lowest BCUT2D eigenvalue weighted by Crippen LogP contribution is -2.58. The van der Waals surface area contributed by atoms with Gasteiger partial charge in [0.25, 0.3) is 0 Å². The van der Waals surface area contributed by atoms with Gasteiger partial charge < -0.3 is 19.5 Å². The number of hydrogen-bond acceptors (Lipinski definition) is 5. The van der Waals surface area contributed by atoms with Crippen molar-refractivity contribution in [1.82, 2.24) is 20.1 Å². The Labute approximate surface area is 123 Å². The molecule has 2 aliphatic heterocycles. The topological polar surface area (TPSA) is 78.7 Å². The number of hydrogen-bond donors (Lipinski definition) is 1. The third-order valence-electron chi connectivity index (χ3n) is 4.29. The second-order valence-electron chi connectivity index (χ2n) is 5.90. The fourth-order valence-electron chi connectivity index (χ4n) is 2.94. The molecule has 1 aromatic rings. The van der Waals surface area contributed by atoms with Crippen LogP contribution in [0.3, 0.4) is 0 Å². The lowest BCUT2D eigenvalue weighted by molar-refractivity contribution is -0.132. The zero-order chi connectivity index (χ0) is 15.0. The number of rotatable bonds is 4. The van der Waals surface area contributed by atoms with Crippen molar-refractivity contribution in [3.63, 3.8) is 0 Å². The summed E-state index contributed by atoms with van der Waals surface area (Å²) in [5.74, 6) is 0.458. The number of amides is 2. The van der Waals surface area contributed by atoms with Crippen LogP contribution in [0.1, 0.15) is 17.9 Å². The van der Waals surface area contributed by atoms with Gasteiger partial charge in [0.2, 0.25) is 11.8 Å². The van der Waals surface area contributed by atoms with E-state index < -0.39 is 0 Å². The van der Waals surface area contributed by atoms with Crippen molar-refractivity contribution in [2.45, 2.75) is 25.9 Å². The van der Waals surface area contributed by atoms with Gasteiger partial charge in [0.05, 0.1) is 18.5 Å². The lowest BCUT2D eigenvalue weighted by atomic mass is 10.1. The molecule has 2 fully saturated rings. The largest absolute Gasteiger partial charge is 0.448 e. The van der Waals surface area contributed by atoms with Crippen molar-refractivity contribution in [3.8, 4) is 0 Å². The molecule has 0 bridgehead atoms. The van der Waals surface area contributed by atoms with E-state index in [1.807, 2.05) is 18.9 Å². The Hall–Kier alpha value is -1.89. The molecular weight excluding hydrogens is 272 g/mol. The van der Waals surface area contributed by atoms with Crippen LogP contribution in [0.2, 0.25) is 0 Å². The highest BCUT2D eigenvalue weighted by Crippen LogP contribution is 2.24. The second-order valence-corrected chi connectivity index (χ2v) is 5.90. The van der Waals surface area contributed by atoms with Crippen molar-refractivity contribution in [1.29, 1.82) is 0 Å². The molecule has 3 heterocycles. The van der Waals surface area contributed by atoms with Gasteiger partial charge in [0.1, 0.15) is 11.5 Å². The molecule has 0 aliphatic carbocycles. The molecule has 7 nitrogen and oxygen atoms in total. The van der Waals surface area contributed by atoms with Crippen molar-refractivity contribution < 1.29 is 14.0 Å². The Morgan fingerprint density at radius 3 is 2.86 bits per heavy atom. The van der Waals surface area contributed by atoms with Crippen molar-refractivity contribution in [2.24, 2.45) is 5.92 Å². The van der Waals surface area contributed by atoms with Crippen LogP contribution in [0.5, 0.6) is 0 Å². The van der Waals surface area contributed by atoms with E-state index >= 15 is 0 Å². The average Bonchev–Trinajstić information content (AvgIpc) is 2.99. The minimum atomic E-state index is -0.254. The van der Waals surface area contributed by atoms with Crippen LogP contribution in [-0.2, 0) is 16.1 Å². The number of aromatic nitrogens is 1. The Balaban J connectivity index is 1.52. The van der Waals surface area contributed by atoms with E-state index in [0.29, 0.717) is 25.3 Å². The summed E-state index contributed by atoms with van der Waals surface area (Å²) >= 11 is 0. The number of nitrogens with zero attached hydrogens (tertiary/aromatic N) is 3. The maximum absolute atomic E-state index is 12.2. The van der Waals surface area contributed by atoms with Gasteiger partial charge in [-0.25, -0.2) is 4.98 Å². The second kappa shape index (κ2) is 5.48. The minimum Gasteiger partial charge on any atom is -0.448 e. The molecule has 1 aromatic heterocycles. The van der Waals surface area contributed by atoms with Gasteiger partial charge in [-0.2, -0.15) is 0 Å². The van der Waals surface area contributed by atoms with E-state index in [0.717, 1.165) is 18.8 Å². The Morgan fingerprint density at radius 2 is 2.24 bits per heavy atom. The number of oxazole rings is 1. The summed E-state index contributed by atoms with van der Waals surface area (Å²) in [6.45, 7) is 4.48. The van der Waals surface area contributed by atoms with E-state index in [1.165, 1.54) is 6.39 Å². The molecule has 0 aromatic carbocycles. The molecule has 2 amide bonds. The minimum absolute atomic E-state index is 0.0825. The normalized spacial score (nSPS) is 23.4. The van der Waals surface area contributed by atoms with Gasteiger partial charge in [-0.05, 0) is 14.0 Å². The zero-order valence-corrected chi connectivity index (χ0v) is 12.3. The van der Waals surface area contributed by atoms with Gasteiger partial charge in [0, 0.05) is 26.1 Å². The van der Waals surface area contributed by atoms with Gasteiger partial charge in [-0.3, -0.25) is 9.59 Å². The van der Waals surface area contributed by atoms with Gasteiger partial charge in [0.15, 0.2) is 6.39 Å². The van der Waals surface area contributed by atoms with Crippen LogP contribution in [-0.4, -0.2) is 59.3 Å². The van der Waals surface area contributed by atoms with E-state index in [-0.39, 0.29) is 23.8 Å². The molecule has 0 saturated carbocycles. The molecule has 1 unspecified atom stereocenters. The van der Waals surface area contributed by atoms with Crippen LogP contribution >= 0.6 is 0 Å². The Kier molecular flexibility index (Phi) is 3.67.